The van der Waals surface area contributed by atoms with Gasteiger partial charge in [-0.1, -0.05) is 13.8 Å². The number of rotatable bonds is 5. The normalized spacial score (nSPS) is 10.3. The highest BCUT2D eigenvalue weighted by molar-refractivity contribution is 5.91. The van der Waals surface area contributed by atoms with E-state index < -0.39 is 0 Å². The summed E-state index contributed by atoms with van der Waals surface area (Å²) in [5.74, 6) is 0.271. The fourth-order valence-electron chi connectivity index (χ4n) is 1.82. The molecule has 0 spiro atoms. The van der Waals surface area contributed by atoms with E-state index in [1.54, 1.807) is 12.3 Å². The molecule has 0 saturated heterocycles. The molecule has 0 atom stereocenters. The standard InChI is InChI=1S/C17H20N4O2/c1-11(2)17(23)21-16-9-8-15(10-18-16)20-14-6-4-13(5-7-14)19-12(3)22/h4-11,20H,1-3H3,(H,19,22)(H,18,21,23). The van der Waals surface area contributed by atoms with Crippen molar-refractivity contribution in [1.29, 1.82) is 0 Å². The molecular weight excluding hydrogens is 292 g/mol. The topological polar surface area (TPSA) is 83.1 Å². The quantitative estimate of drug-likeness (QED) is 0.790. The Bertz CT molecular complexity index is 679. The molecule has 6 nitrogen and oxygen atoms in total. The second-order valence-electron chi connectivity index (χ2n) is 5.46. The van der Waals surface area contributed by atoms with Gasteiger partial charge in [-0.15, -0.1) is 0 Å². The molecule has 1 aromatic heterocycles. The van der Waals surface area contributed by atoms with Crippen LogP contribution >= 0.6 is 0 Å². The van der Waals surface area contributed by atoms with Crippen molar-refractivity contribution in [2.75, 3.05) is 16.0 Å². The summed E-state index contributed by atoms with van der Waals surface area (Å²) >= 11 is 0. The van der Waals surface area contributed by atoms with Gasteiger partial charge in [-0.25, -0.2) is 4.98 Å². The summed E-state index contributed by atoms with van der Waals surface area (Å²) in [6.07, 6.45) is 1.65. The van der Waals surface area contributed by atoms with Gasteiger partial charge in [0.2, 0.25) is 11.8 Å². The number of hydrogen-bond acceptors (Lipinski definition) is 4. The van der Waals surface area contributed by atoms with Gasteiger partial charge >= 0.3 is 0 Å². The number of aromatic nitrogens is 1. The number of nitrogens with zero attached hydrogens (tertiary/aromatic N) is 1. The zero-order valence-electron chi connectivity index (χ0n) is 13.4. The highest BCUT2D eigenvalue weighted by Crippen LogP contribution is 2.19. The molecule has 2 aromatic rings. The molecule has 3 N–H and O–H groups in total. The van der Waals surface area contributed by atoms with Gasteiger partial charge < -0.3 is 16.0 Å². The first-order valence-corrected chi connectivity index (χ1v) is 7.35. The summed E-state index contributed by atoms with van der Waals surface area (Å²) in [7, 11) is 0. The minimum Gasteiger partial charge on any atom is -0.354 e. The van der Waals surface area contributed by atoms with Crippen LogP contribution in [0.15, 0.2) is 42.6 Å². The highest BCUT2D eigenvalue weighted by atomic mass is 16.2. The lowest BCUT2D eigenvalue weighted by Crippen LogP contribution is -2.18. The van der Waals surface area contributed by atoms with Crippen LogP contribution in [0.25, 0.3) is 0 Å². The summed E-state index contributed by atoms with van der Waals surface area (Å²) in [6, 6.07) is 10.9. The molecule has 2 amide bonds. The summed E-state index contributed by atoms with van der Waals surface area (Å²) < 4.78 is 0. The number of hydrogen-bond donors (Lipinski definition) is 3. The van der Waals surface area contributed by atoms with Crippen LogP contribution in [0, 0.1) is 5.92 Å². The number of nitrogens with one attached hydrogen (secondary N) is 3. The van der Waals surface area contributed by atoms with Crippen LogP contribution in [0.4, 0.5) is 22.9 Å². The summed E-state index contributed by atoms with van der Waals surface area (Å²) in [5.41, 5.74) is 2.42. The lowest BCUT2D eigenvalue weighted by Gasteiger charge is -2.10. The Morgan fingerprint density at radius 1 is 0.913 bits per heavy atom. The molecule has 0 unspecified atom stereocenters. The van der Waals surface area contributed by atoms with Crippen molar-refractivity contribution in [2.45, 2.75) is 20.8 Å². The first-order chi connectivity index (χ1) is 10.9. The van der Waals surface area contributed by atoms with Gasteiger partial charge in [0.1, 0.15) is 5.82 Å². The third kappa shape index (κ3) is 5.10. The number of anilines is 4. The Labute approximate surface area is 135 Å². The lowest BCUT2D eigenvalue weighted by molar-refractivity contribution is -0.119. The van der Waals surface area contributed by atoms with Crippen molar-refractivity contribution >= 4 is 34.7 Å². The number of amides is 2. The fraction of sp³-hybridized carbons (Fsp3) is 0.235. The zero-order chi connectivity index (χ0) is 16.8. The maximum atomic E-state index is 11.6. The van der Waals surface area contributed by atoms with Gasteiger partial charge in [-0.3, -0.25) is 9.59 Å². The Kier molecular flexibility index (Phi) is 5.30. The maximum absolute atomic E-state index is 11.6. The largest absolute Gasteiger partial charge is 0.354 e. The van der Waals surface area contributed by atoms with E-state index in [9.17, 15) is 9.59 Å². The molecule has 0 saturated carbocycles. The minimum atomic E-state index is -0.103. The molecule has 0 bridgehead atoms. The van der Waals surface area contributed by atoms with Gasteiger partial charge in [-0.2, -0.15) is 0 Å². The Morgan fingerprint density at radius 2 is 1.52 bits per heavy atom. The maximum Gasteiger partial charge on any atom is 0.228 e. The van der Waals surface area contributed by atoms with Gasteiger partial charge in [0.25, 0.3) is 0 Å². The molecule has 2 rings (SSSR count). The average molecular weight is 312 g/mol. The van der Waals surface area contributed by atoms with Gasteiger partial charge in [-0.05, 0) is 36.4 Å². The molecular formula is C17H20N4O2. The summed E-state index contributed by atoms with van der Waals surface area (Å²) in [6.45, 7) is 5.13. The van der Waals surface area contributed by atoms with Crippen molar-refractivity contribution in [2.24, 2.45) is 5.92 Å². The van der Waals surface area contributed by atoms with E-state index >= 15 is 0 Å². The average Bonchev–Trinajstić information content (AvgIpc) is 2.50. The van der Waals surface area contributed by atoms with Gasteiger partial charge in [0, 0.05) is 24.2 Å². The van der Waals surface area contributed by atoms with E-state index in [4.69, 9.17) is 0 Å². The van der Waals surface area contributed by atoms with Crippen LogP contribution in [-0.2, 0) is 9.59 Å². The first-order valence-electron chi connectivity index (χ1n) is 7.35. The monoisotopic (exact) mass is 312 g/mol. The van der Waals surface area contributed by atoms with Crippen LogP contribution in [0.3, 0.4) is 0 Å². The van der Waals surface area contributed by atoms with Crippen LogP contribution in [0.1, 0.15) is 20.8 Å². The van der Waals surface area contributed by atoms with E-state index in [0.717, 1.165) is 17.1 Å². The van der Waals surface area contributed by atoms with E-state index in [1.807, 2.05) is 44.2 Å². The third-order valence-electron chi connectivity index (χ3n) is 3.03. The van der Waals surface area contributed by atoms with Crippen LogP contribution in [-0.4, -0.2) is 16.8 Å². The molecule has 6 heteroatoms. The van der Waals surface area contributed by atoms with Crippen molar-refractivity contribution in [3.8, 4) is 0 Å². The first kappa shape index (κ1) is 16.5. The van der Waals surface area contributed by atoms with Crippen molar-refractivity contribution in [1.82, 2.24) is 4.98 Å². The molecule has 0 aliphatic rings. The van der Waals surface area contributed by atoms with E-state index in [2.05, 4.69) is 20.9 Å². The zero-order valence-corrected chi connectivity index (χ0v) is 13.4. The van der Waals surface area contributed by atoms with Crippen LogP contribution < -0.4 is 16.0 Å². The molecule has 1 aromatic carbocycles. The van der Waals surface area contributed by atoms with Gasteiger partial charge in [0.15, 0.2) is 0 Å². The molecule has 1 heterocycles. The molecule has 0 radical (unpaired) electrons. The van der Waals surface area contributed by atoms with E-state index in [-0.39, 0.29) is 17.7 Å². The summed E-state index contributed by atoms with van der Waals surface area (Å²) in [4.78, 5) is 26.8. The van der Waals surface area contributed by atoms with E-state index in [1.165, 1.54) is 6.92 Å². The number of carbonyl (C=O) groups is 2. The molecule has 0 aliphatic carbocycles. The molecule has 120 valence electrons. The Balaban J connectivity index is 1.98. The van der Waals surface area contributed by atoms with E-state index in [0.29, 0.717) is 5.82 Å². The summed E-state index contributed by atoms with van der Waals surface area (Å²) in [5, 5.41) is 8.65. The Morgan fingerprint density at radius 3 is 2.04 bits per heavy atom. The minimum absolute atomic E-state index is 0.0632. The smallest absolute Gasteiger partial charge is 0.228 e. The highest BCUT2D eigenvalue weighted by Gasteiger charge is 2.07. The van der Waals surface area contributed by atoms with Crippen LogP contribution in [0.5, 0.6) is 0 Å². The fourth-order valence-corrected chi connectivity index (χ4v) is 1.82. The predicted molar refractivity (Wildman–Crippen MR) is 91.7 cm³/mol. The lowest BCUT2D eigenvalue weighted by atomic mass is 10.2. The second-order valence-corrected chi connectivity index (χ2v) is 5.46. The van der Waals surface area contributed by atoms with Gasteiger partial charge in [0.05, 0.1) is 11.9 Å². The molecule has 23 heavy (non-hydrogen) atoms. The van der Waals surface area contributed by atoms with Crippen molar-refractivity contribution < 1.29 is 9.59 Å². The predicted octanol–water partition coefficient (Wildman–Crippen LogP) is 3.38. The number of benzene rings is 1. The third-order valence-corrected chi connectivity index (χ3v) is 3.03. The van der Waals surface area contributed by atoms with Crippen LogP contribution in [0.2, 0.25) is 0 Å². The second kappa shape index (κ2) is 7.40. The SMILES string of the molecule is CC(=O)Nc1ccc(Nc2ccc(NC(=O)C(C)C)nc2)cc1. The van der Waals surface area contributed by atoms with Crippen molar-refractivity contribution in [3.05, 3.63) is 42.6 Å². The number of carbonyl (C=O) groups excluding carboxylic acids is 2. The molecule has 0 fully saturated rings. The number of pyridine rings is 1. The van der Waals surface area contributed by atoms with Crippen molar-refractivity contribution in [3.63, 3.8) is 0 Å². The molecule has 0 aliphatic heterocycles. The Hall–Kier alpha value is -2.89.